The van der Waals surface area contributed by atoms with Gasteiger partial charge in [0.15, 0.2) is 0 Å². The number of hydrogen-bond donors (Lipinski definition) is 0. The standard InChI is InChI=1S/C12H24N2S/c1-3-12-15(2,13-8-4-5-9-13)14-10-6-7-11-14/h3H,1,4-12H2,2H3. The highest BCUT2D eigenvalue weighted by Crippen LogP contribution is 2.54. The van der Waals surface area contributed by atoms with E-state index in [0.29, 0.717) is 0 Å². The van der Waals surface area contributed by atoms with Gasteiger partial charge >= 0.3 is 0 Å². The quantitative estimate of drug-likeness (QED) is 0.683. The maximum Gasteiger partial charge on any atom is 0.0192 e. The Bertz CT molecular complexity index is 202. The number of rotatable bonds is 4. The minimum absolute atomic E-state index is 0.697. The topological polar surface area (TPSA) is 6.48 Å². The van der Waals surface area contributed by atoms with Gasteiger partial charge in [-0.3, -0.25) is 8.61 Å². The van der Waals surface area contributed by atoms with E-state index in [-0.39, 0.29) is 0 Å². The smallest absolute Gasteiger partial charge is 0.0192 e. The Kier molecular flexibility index (Phi) is 3.75. The molecule has 0 unspecified atom stereocenters. The van der Waals surface area contributed by atoms with Crippen LogP contribution in [0.25, 0.3) is 0 Å². The fourth-order valence-electron chi connectivity index (χ4n) is 2.76. The lowest BCUT2D eigenvalue weighted by atomic mass is 10.4. The molecule has 3 heteroatoms. The summed E-state index contributed by atoms with van der Waals surface area (Å²) in [6.07, 6.45) is 10.2. The molecule has 88 valence electrons. The van der Waals surface area contributed by atoms with Crippen LogP contribution in [0.2, 0.25) is 0 Å². The van der Waals surface area contributed by atoms with Crippen LogP contribution in [0, 0.1) is 0 Å². The normalized spacial score (nSPS) is 25.9. The largest absolute Gasteiger partial charge is 0.256 e. The first kappa shape index (κ1) is 11.5. The highest BCUT2D eigenvalue weighted by atomic mass is 32.3. The summed E-state index contributed by atoms with van der Waals surface area (Å²) in [5.74, 6) is 1.19. The van der Waals surface area contributed by atoms with Crippen molar-refractivity contribution in [3.8, 4) is 0 Å². The average Bonchev–Trinajstić information content (AvgIpc) is 2.92. The molecule has 0 atom stereocenters. The van der Waals surface area contributed by atoms with Gasteiger partial charge in [0, 0.05) is 31.9 Å². The lowest BCUT2D eigenvalue weighted by Gasteiger charge is -2.50. The predicted molar refractivity (Wildman–Crippen MR) is 70.2 cm³/mol. The molecule has 0 bridgehead atoms. The Labute approximate surface area is 95.9 Å². The molecule has 0 aromatic heterocycles. The third-order valence-electron chi connectivity index (χ3n) is 3.68. The number of nitrogens with zero attached hydrogens (tertiary/aromatic N) is 2. The van der Waals surface area contributed by atoms with E-state index in [1.165, 1.54) is 57.6 Å². The van der Waals surface area contributed by atoms with Gasteiger partial charge in [0.05, 0.1) is 0 Å². The van der Waals surface area contributed by atoms with Gasteiger partial charge in [-0.05, 0) is 31.9 Å². The van der Waals surface area contributed by atoms with Crippen molar-refractivity contribution in [2.75, 3.05) is 38.2 Å². The van der Waals surface area contributed by atoms with Gasteiger partial charge in [-0.15, -0.1) is 17.0 Å². The van der Waals surface area contributed by atoms with Gasteiger partial charge in [-0.25, -0.2) is 0 Å². The highest BCUT2D eigenvalue weighted by Gasteiger charge is 2.34. The third-order valence-corrected chi connectivity index (χ3v) is 7.50. The number of hydrogen-bond acceptors (Lipinski definition) is 2. The fraction of sp³-hybridized carbons (Fsp3) is 0.833. The predicted octanol–water partition coefficient (Wildman–Crippen LogP) is 2.63. The van der Waals surface area contributed by atoms with Crippen LogP contribution >= 0.6 is 10.4 Å². The van der Waals surface area contributed by atoms with Crippen molar-refractivity contribution in [2.24, 2.45) is 0 Å². The Balaban J connectivity index is 2.09. The molecule has 0 spiro atoms. The van der Waals surface area contributed by atoms with Crippen LogP contribution in [0.4, 0.5) is 0 Å². The zero-order valence-electron chi connectivity index (χ0n) is 9.95. The van der Waals surface area contributed by atoms with Crippen molar-refractivity contribution in [3.63, 3.8) is 0 Å². The Morgan fingerprint density at radius 1 is 1.00 bits per heavy atom. The van der Waals surface area contributed by atoms with Crippen LogP contribution in [0.5, 0.6) is 0 Å². The molecule has 2 aliphatic heterocycles. The molecule has 0 N–H and O–H groups in total. The van der Waals surface area contributed by atoms with E-state index in [4.69, 9.17) is 0 Å². The van der Waals surface area contributed by atoms with Crippen molar-refractivity contribution >= 4 is 10.4 Å². The summed E-state index contributed by atoms with van der Waals surface area (Å²) in [6, 6.07) is 0. The van der Waals surface area contributed by atoms with E-state index in [1.54, 1.807) is 0 Å². The first-order valence-corrected chi connectivity index (χ1v) is 8.27. The molecule has 0 aromatic rings. The highest BCUT2D eigenvalue weighted by molar-refractivity contribution is 8.29. The monoisotopic (exact) mass is 228 g/mol. The maximum absolute atomic E-state index is 3.96. The molecule has 0 amide bonds. The van der Waals surface area contributed by atoms with E-state index in [1.807, 2.05) is 0 Å². The Hall–Kier alpha value is 0.01000. The van der Waals surface area contributed by atoms with Crippen LogP contribution in [-0.4, -0.2) is 46.8 Å². The molecule has 0 saturated carbocycles. The molecular formula is C12H24N2S. The summed E-state index contributed by atoms with van der Waals surface area (Å²) in [5, 5.41) is 0. The minimum atomic E-state index is -0.697. The van der Waals surface area contributed by atoms with Crippen molar-refractivity contribution in [2.45, 2.75) is 25.7 Å². The first-order chi connectivity index (χ1) is 7.27. The molecule has 0 aliphatic carbocycles. The second-order valence-electron chi connectivity index (χ2n) is 4.72. The Morgan fingerprint density at radius 3 is 1.73 bits per heavy atom. The SMILES string of the molecule is C=CCS(C)(N1CCCC1)N1CCCC1. The lowest BCUT2D eigenvalue weighted by molar-refractivity contribution is 0.483. The van der Waals surface area contributed by atoms with Crippen LogP contribution in [0.15, 0.2) is 12.7 Å². The zero-order valence-corrected chi connectivity index (χ0v) is 10.8. The average molecular weight is 228 g/mol. The molecule has 2 heterocycles. The summed E-state index contributed by atoms with van der Waals surface area (Å²) < 4.78 is 5.50. The second kappa shape index (κ2) is 4.89. The fourth-order valence-corrected chi connectivity index (χ4v) is 6.04. The van der Waals surface area contributed by atoms with Gasteiger partial charge in [-0.2, -0.15) is 0 Å². The van der Waals surface area contributed by atoms with Gasteiger partial charge in [-0.1, -0.05) is 6.08 Å². The van der Waals surface area contributed by atoms with E-state index >= 15 is 0 Å². The van der Waals surface area contributed by atoms with Gasteiger partial charge in [0.25, 0.3) is 0 Å². The van der Waals surface area contributed by atoms with Crippen molar-refractivity contribution in [1.82, 2.24) is 8.61 Å². The van der Waals surface area contributed by atoms with Crippen LogP contribution < -0.4 is 0 Å². The van der Waals surface area contributed by atoms with E-state index in [0.717, 1.165) is 0 Å². The molecule has 15 heavy (non-hydrogen) atoms. The minimum Gasteiger partial charge on any atom is -0.256 e. The molecule has 2 fully saturated rings. The van der Waals surface area contributed by atoms with E-state index in [9.17, 15) is 0 Å². The van der Waals surface area contributed by atoms with Crippen LogP contribution in [0.1, 0.15) is 25.7 Å². The molecular weight excluding hydrogens is 204 g/mol. The molecule has 0 radical (unpaired) electrons. The molecule has 2 nitrogen and oxygen atoms in total. The summed E-state index contributed by atoms with van der Waals surface area (Å²) in [4.78, 5) is 0. The van der Waals surface area contributed by atoms with Gasteiger partial charge in [0.2, 0.25) is 0 Å². The summed E-state index contributed by atoms with van der Waals surface area (Å²) >= 11 is 0. The van der Waals surface area contributed by atoms with E-state index in [2.05, 4.69) is 27.5 Å². The maximum atomic E-state index is 3.96. The Morgan fingerprint density at radius 2 is 1.40 bits per heavy atom. The lowest BCUT2D eigenvalue weighted by Crippen LogP contribution is -2.38. The first-order valence-electron chi connectivity index (χ1n) is 6.14. The van der Waals surface area contributed by atoms with Crippen molar-refractivity contribution < 1.29 is 0 Å². The van der Waals surface area contributed by atoms with Crippen LogP contribution in [-0.2, 0) is 0 Å². The summed E-state index contributed by atoms with van der Waals surface area (Å²) in [5.41, 5.74) is 0. The molecule has 0 aromatic carbocycles. The summed E-state index contributed by atoms with van der Waals surface area (Å²) in [7, 11) is -0.697. The van der Waals surface area contributed by atoms with Crippen LogP contribution in [0.3, 0.4) is 0 Å². The molecule has 2 saturated heterocycles. The van der Waals surface area contributed by atoms with E-state index < -0.39 is 10.4 Å². The third kappa shape index (κ3) is 2.24. The summed E-state index contributed by atoms with van der Waals surface area (Å²) in [6.45, 7) is 9.22. The van der Waals surface area contributed by atoms with Gasteiger partial charge < -0.3 is 0 Å². The molecule has 2 aliphatic rings. The van der Waals surface area contributed by atoms with Gasteiger partial charge in [0.1, 0.15) is 0 Å². The van der Waals surface area contributed by atoms with Crippen molar-refractivity contribution in [1.29, 1.82) is 0 Å². The van der Waals surface area contributed by atoms with Crippen molar-refractivity contribution in [3.05, 3.63) is 12.7 Å². The molecule has 2 rings (SSSR count). The second-order valence-corrected chi connectivity index (χ2v) is 8.07. The zero-order chi connectivity index (χ0) is 10.7.